The molecule has 1 aliphatic rings. The van der Waals surface area contributed by atoms with Crippen molar-refractivity contribution >= 4 is 34.4 Å². The van der Waals surface area contributed by atoms with Crippen LogP contribution in [0.15, 0.2) is 41.1 Å². The lowest BCUT2D eigenvalue weighted by atomic mass is 10.1. The highest BCUT2D eigenvalue weighted by Gasteiger charge is 2.22. The van der Waals surface area contributed by atoms with E-state index < -0.39 is 0 Å². The van der Waals surface area contributed by atoms with Gasteiger partial charge < -0.3 is 15.1 Å². The summed E-state index contributed by atoms with van der Waals surface area (Å²) < 4.78 is 0. The van der Waals surface area contributed by atoms with E-state index in [9.17, 15) is 4.79 Å². The number of fused-ring (bicyclic) bond motifs is 1. The van der Waals surface area contributed by atoms with Crippen LogP contribution >= 0.6 is 0 Å². The molecule has 8 nitrogen and oxygen atoms in total. The van der Waals surface area contributed by atoms with Crippen LogP contribution < -0.4 is 10.2 Å². The number of anilines is 2. The molecule has 0 aromatic carbocycles. The van der Waals surface area contributed by atoms with E-state index in [1.165, 1.54) is 5.57 Å². The Balaban J connectivity index is 1.87. The third kappa shape index (κ3) is 5.90. The average Bonchev–Trinajstić information content (AvgIpc) is 2.80. The molecule has 3 rings (SSSR count). The standard InChI is InChI=1S/C24H33N7O/c1-6-7-20(9-8-18(3)25-5)16-27-23-21-14-17(2)15-26-22(21)28-24(29-23)31-12-10-30(11-13-31)19(4)32/h7-9,14-15H,6,10-13,16H2,1-5H3,(H,26,27,28,29)/b9-8-,20-7-,25-18?. The second kappa shape index (κ2) is 10.8. The maximum absolute atomic E-state index is 11.7. The Morgan fingerprint density at radius 3 is 2.59 bits per heavy atom. The average molecular weight is 436 g/mol. The molecular formula is C24H33N7O. The number of aliphatic imine (C=N–C) groups is 1. The van der Waals surface area contributed by atoms with Gasteiger partial charge in [0.25, 0.3) is 0 Å². The number of amides is 1. The lowest BCUT2D eigenvalue weighted by Gasteiger charge is -2.34. The first-order chi connectivity index (χ1) is 15.4. The first-order valence-corrected chi connectivity index (χ1v) is 11.1. The summed E-state index contributed by atoms with van der Waals surface area (Å²) in [5, 5.41) is 4.41. The van der Waals surface area contributed by atoms with Crippen molar-refractivity contribution < 1.29 is 4.79 Å². The Bertz CT molecular complexity index is 1050. The van der Waals surface area contributed by atoms with Crippen LogP contribution in [0, 0.1) is 6.92 Å². The molecule has 0 bridgehead atoms. The van der Waals surface area contributed by atoms with Gasteiger partial charge in [-0.15, -0.1) is 0 Å². The van der Waals surface area contributed by atoms with Crippen LogP contribution in [0.3, 0.4) is 0 Å². The number of piperazine rings is 1. The molecule has 1 aliphatic heterocycles. The third-order valence-corrected chi connectivity index (χ3v) is 5.50. The van der Waals surface area contributed by atoms with Crippen LogP contribution in [0.2, 0.25) is 0 Å². The first-order valence-electron chi connectivity index (χ1n) is 11.1. The van der Waals surface area contributed by atoms with Gasteiger partial charge in [0.15, 0.2) is 5.65 Å². The molecule has 2 aromatic heterocycles. The van der Waals surface area contributed by atoms with E-state index in [0.29, 0.717) is 44.3 Å². The molecule has 1 fully saturated rings. The number of aromatic nitrogens is 3. The van der Waals surface area contributed by atoms with Crippen LogP contribution in [0.5, 0.6) is 0 Å². The summed E-state index contributed by atoms with van der Waals surface area (Å²) in [5.41, 5.74) is 3.87. The number of hydrogen-bond donors (Lipinski definition) is 1. The molecule has 32 heavy (non-hydrogen) atoms. The maximum atomic E-state index is 11.7. The SMILES string of the molecule is CC/C=C(/C=C\C(C)=NC)CNc1nc(N2CCN(C(C)=O)CC2)nc2ncc(C)cc12. The molecule has 0 radical (unpaired) electrons. The summed E-state index contributed by atoms with van der Waals surface area (Å²) in [6.07, 6.45) is 9.08. The topological polar surface area (TPSA) is 86.6 Å². The van der Waals surface area contributed by atoms with Crippen molar-refractivity contribution in [2.45, 2.75) is 34.1 Å². The van der Waals surface area contributed by atoms with Crippen LogP contribution in [0.1, 0.15) is 32.8 Å². The Morgan fingerprint density at radius 1 is 1.19 bits per heavy atom. The number of nitrogens with one attached hydrogen (secondary N) is 1. The van der Waals surface area contributed by atoms with Gasteiger partial charge in [0.1, 0.15) is 5.82 Å². The van der Waals surface area contributed by atoms with Crippen LogP contribution in [0.4, 0.5) is 11.8 Å². The number of rotatable bonds is 7. The summed E-state index contributed by atoms with van der Waals surface area (Å²) in [7, 11) is 1.79. The Labute approximate surface area is 190 Å². The number of nitrogens with zero attached hydrogens (tertiary/aromatic N) is 6. The van der Waals surface area contributed by atoms with E-state index in [1.54, 1.807) is 14.0 Å². The van der Waals surface area contributed by atoms with Crippen molar-refractivity contribution in [2.75, 3.05) is 50.0 Å². The van der Waals surface area contributed by atoms with Crippen molar-refractivity contribution in [3.8, 4) is 0 Å². The fraction of sp³-hybridized carbons (Fsp3) is 0.458. The second-order valence-corrected chi connectivity index (χ2v) is 7.99. The lowest BCUT2D eigenvalue weighted by Crippen LogP contribution is -2.48. The fourth-order valence-corrected chi connectivity index (χ4v) is 3.55. The van der Waals surface area contributed by atoms with E-state index >= 15 is 0 Å². The van der Waals surface area contributed by atoms with Crippen molar-refractivity contribution in [1.29, 1.82) is 0 Å². The predicted octanol–water partition coefficient (Wildman–Crippen LogP) is 3.40. The summed E-state index contributed by atoms with van der Waals surface area (Å²) in [6, 6.07) is 2.06. The number of aryl methyl sites for hydroxylation is 1. The molecule has 0 unspecified atom stereocenters. The highest BCUT2D eigenvalue weighted by Crippen LogP contribution is 2.24. The molecule has 3 heterocycles. The molecule has 1 amide bonds. The van der Waals surface area contributed by atoms with Crippen LogP contribution in [0.25, 0.3) is 11.0 Å². The molecule has 170 valence electrons. The van der Waals surface area contributed by atoms with Crippen molar-refractivity contribution in [1.82, 2.24) is 19.9 Å². The van der Waals surface area contributed by atoms with Gasteiger partial charge in [-0.3, -0.25) is 9.79 Å². The molecular weight excluding hydrogens is 402 g/mol. The predicted molar refractivity (Wildman–Crippen MR) is 132 cm³/mol. The maximum Gasteiger partial charge on any atom is 0.229 e. The van der Waals surface area contributed by atoms with Gasteiger partial charge in [0.2, 0.25) is 11.9 Å². The smallest absolute Gasteiger partial charge is 0.229 e. The molecule has 0 spiro atoms. The molecule has 0 aliphatic carbocycles. The largest absolute Gasteiger partial charge is 0.365 e. The minimum atomic E-state index is 0.107. The Kier molecular flexibility index (Phi) is 7.92. The van der Waals surface area contributed by atoms with E-state index in [-0.39, 0.29) is 5.91 Å². The van der Waals surface area contributed by atoms with E-state index in [2.05, 4.69) is 45.3 Å². The van der Waals surface area contributed by atoms with E-state index in [1.807, 2.05) is 31.0 Å². The van der Waals surface area contributed by atoms with Gasteiger partial charge in [-0.1, -0.05) is 19.1 Å². The minimum Gasteiger partial charge on any atom is -0.365 e. The normalized spacial score (nSPS) is 15.7. The quantitative estimate of drug-likeness (QED) is 0.530. The Hall–Kier alpha value is -3.29. The summed E-state index contributed by atoms with van der Waals surface area (Å²) in [4.78, 5) is 34.0. The van der Waals surface area contributed by atoms with Gasteiger partial charge in [-0.25, -0.2) is 4.98 Å². The van der Waals surface area contributed by atoms with Crippen LogP contribution in [-0.2, 0) is 4.79 Å². The van der Waals surface area contributed by atoms with E-state index in [4.69, 9.17) is 9.97 Å². The molecule has 0 saturated carbocycles. The zero-order valence-corrected chi connectivity index (χ0v) is 19.7. The number of carbonyl (C=O) groups excluding carboxylic acids is 1. The minimum absolute atomic E-state index is 0.107. The highest BCUT2D eigenvalue weighted by atomic mass is 16.2. The number of carbonyl (C=O) groups is 1. The van der Waals surface area contributed by atoms with Crippen LogP contribution in [-0.4, -0.2) is 71.2 Å². The molecule has 0 atom stereocenters. The zero-order chi connectivity index (χ0) is 23.1. The van der Waals surface area contributed by atoms with Gasteiger partial charge in [0.05, 0.1) is 5.39 Å². The molecule has 1 saturated heterocycles. The lowest BCUT2D eigenvalue weighted by molar-refractivity contribution is -0.129. The third-order valence-electron chi connectivity index (χ3n) is 5.50. The van der Waals surface area contributed by atoms with Gasteiger partial charge in [0, 0.05) is 58.6 Å². The monoisotopic (exact) mass is 435 g/mol. The van der Waals surface area contributed by atoms with Gasteiger partial charge >= 0.3 is 0 Å². The van der Waals surface area contributed by atoms with Crippen molar-refractivity contribution in [3.63, 3.8) is 0 Å². The Morgan fingerprint density at radius 2 is 1.94 bits per heavy atom. The zero-order valence-electron chi connectivity index (χ0n) is 19.7. The number of pyridine rings is 1. The summed E-state index contributed by atoms with van der Waals surface area (Å²) >= 11 is 0. The second-order valence-electron chi connectivity index (χ2n) is 7.99. The number of allylic oxidation sites excluding steroid dienone is 2. The summed E-state index contributed by atoms with van der Waals surface area (Å²) in [6.45, 7) is 11.1. The fourth-order valence-electron chi connectivity index (χ4n) is 3.55. The van der Waals surface area contributed by atoms with Crippen molar-refractivity contribution in [3.05, 3.63) is 41.6 Å². The molecule has 8 heteroatoms. The molecule has 2 aromatic rings. The van der Waals surface area contributed by atoms with Crippen molar-refractivity contribution in [2.24, 2.45) is 4.99 Å². The highest BCUT2D eigenvalue weighted by molar-refractivity contribution is 5.93. The summed E-state index contributed by atoms with van der Waals surface area (Å²) in [5.74, 6) is 1.52. The molecule has 1 N–H and O–H groups in total. The first kappa shape index (κ1) is 23.4. The van der Waals surface area contributed by atoms with Gasteiger partial charge in [-0.2, -0.15) is 9.97 Å². The van der Waals surface area contributed by atoms with Gasteiger partial charge in [-0.05, 0) is 43.5 Å². The van der Waals surface area contributed by atoms with E-state index in [0.717, 1.165) is 28.9 Å². The number of hydrogen-bond acceptors (Lipinski definition) is 7.